The van der Waals surface area contributed by atoms with Crippen molar-refractivity contribution in [1.82, 2.24) is 4.90 Å². The summed E-state index contributed by atoms with van der Waals surface area (Å²) in [5.41, 5.74) is 0.833. The number of amides is 3. The highest BCUT2D eigenvalue weighted by Crippen LogP contribution is 2.42. The second-order valence-corrected chi connectivity index (χ2v) is 11.8. The van der Waals surface area contributed by atoms with Crippen LogP contribution in [0.3, 0.4) is 0 Å². The number of carbonyl (C=O) groups is 2. The first kappa shape index (κ1) is 28.7. The molecule has 38 heavy (non-hydrogen) atoms. The van der Waals surface area contributed by atoms with E-state index in [-0.39, 0.29) is 5.69 Å². The fourth-order valence-corrected chi connectivity index (χ4v) is 4.50. The maximum absolute atomic E-state index is 14.8. The van der Waals surface area contributed by atoms with Crippen molar-refractivity contribution < 1.29 is 14.0 Å². The van der Waals surface area contributed by atoms with Crippen LogP contribution in [0.1, 0.15) is 0 Å². The van der Waals surface area contributed by atoms with Gasteiger partial charge in [0.1, 0.15) is 17.4 Å². The van der Waals surface area contributed by atoms with Crippen LogP contribution in [-0.4, -0.2) is 45.1 Å². The second kappa shape index (κ2) is 11.5. The van der Waals surface area contributed by atoms with Gasteiger partial charge >= 0.3 is 6.03 Å². The van der Waals surface area contributed by atoms with E-state index in [1.165, 1.54) is 25.2 Å². The van der Waals surface area contributed by atoms with Gasteiger partial charge in [0.2, 0.25) is 9.63 Å². The Labute approximate surface area is 248 Å². The van der Waals surface area contributed by atoms with E-state index in [2.05, 4.69) is 4.99 Å². The van der Waals surface area contributed by atoms with Crippen molar-refractivity contribution in [1.29, 1.82) is 0 Å². The van der Waals surface area contributed by atoms with Crippen molar-refractivity contribution in [3.63, 3.8) is 0 Å². The maximum Gasteiger partial charge on any atom is 0.337 e. The van der Waals surface area contributed by atoms with Gasteiger partial charge in [-0.3, -0.25) is 9.69 Å². The molecule has 1 heterocycles. The molecular weight excluding hydrogens is 620 g/mol. The lowest BCUT2D eigenvalue weighted by atomic mass is 10.2. The summed E-state index contributed by atoms with van der Waals surface area (Å²) in [6, 6.07) is 17.9. The predicted molar refractivity (Wildman–Crippen MR) is 153 cm³/mol. The Kier molecular flexibility index (Phi) is 8.67. The number of urea groups is 1. The number of hydrogen-bond acceptors (Lipinski definition) is 4. The maximum atomic E-state index is 14.8. The minimum Gasteiger partial charge on any atom is -0.317 e. The molecule has 0 bridgehead atoms. The third-order valence-electron chi connectivity index (χ3n) is 5.58. The topological polar surface area (TPSA) is 56.2 Å². The summed E-state index contributed by atoms with van der Waals surface area (Å²) in [7, 11) is 1.25. The lowest BCUT2D eigenvalue weighted by molar-refractivity contribution is -0.119. The van der Waals surface area contributed by atoms with Crippen molar-refractivity contribution >= 4 is 104 Å². The average Bonchev–Trinajstić information content (AvgIpc) is 3.08. The van der Waals surface area contributed by atoms with Crippen LogP contribution in [0.5, 0.6) is 0 Å². The molecule has 0 aromatic heterocycles. The Morgan fingerprint density at radius 1 is 0.868 bits per heavy atom. The molecule has 1 saturated heterocycles. The molecule has 198 valence electrons. The minimum absolute atomic E-state index is 0.183. The predicted octanol–water partition coefficient (Wildman–Crippen LogP) is 8.07. The van der Waals surface area contributed by atoms with E-state index in [0.29, 0.717) is 21.4 Å². The highest BCUT2D eigenvalue weighted by atomic mass is 35.6. The van der Waals surface area contributed by atoms with Crippen LogP contribution >= 0.6 is 69.6 Å². The van der Waals surface area contributed by atoms with Crippen LogP contribution in [0, 0.1) is 5.82 Å². The zero-order valence-corrected chi connectivity index (χ0v) is 23.9. The lowest BCUT2D eigenvalue weighted by Gasteiger charge is -2.36. The number of hydrogen-bond donors (Lipinski definition) is 0. The number of nitrogens with zero attached hydrogens (tertiary/aromatic N) is 4. The number of aliphatic imine (C=N–C) groups is 1. The molecule has 2 atom stereocenters. The van der Waals surface area contributed by atoms with Gasteiger partial charge in [0.05, 0.1) is 5.69 Å². The van der Waals surface area contributed by atoms with Gasteiger partial charge in [0, 0.05) is 28.5 Å². The van der Waals surface area contributed by atoms with Gasteiger partial charge in [0.25, 0.3) is 5.91 Å². The number of benzene rings is 3. The molecule has 0 aliphatic carbocycles. The van der Waals surface area contributed by atoms with Crippen molar-refractivity contribution in [2.24, 2.45) is 4.99 Å². The molecule has 0 N–H and O–H groups in total. The summed E-state index contributed by atoms with van der Waals surface area (Å²) in [5.74, 6) is -1.96. The molecule has 0 radical (unpaired) electrons. The largest absolute Gasteiger partial charge is 0.337 e. The number of amidine groups is 1. The van der Waals surface area contributed by atoms with Gasteiger partial charge in [-0.1, -0.05) is 70.1 Å². The zero-order chi connectivity index (χ0) is 27.8. The Bertz CT molecular complexity index is 1340. The minimum atomic E-state index is -2.09. The van der Waals surface area contributed by atoms with Gasteiger partial charge in [0.15, 0.2) is 0 Å². The first-order valence-electron chi connectivity index (χ1n) is 10.9. The third kappa shape index (κ3) is 5.83. The molecule has 1 aliphatic rings. The number of alkyl halides is 4. The van der Waals surface area contributed by atoms with E-state index >= 15 is 0 Å². The summed E-state index contributed by atoms with van der Waals surface area (Å²) in [4.78, 5) is 34.1. The Morgan fingerprint density at radius 3 is 1.84 bits per heavy atom. The number of anilines is 3. The van der Waals surface area contributed by atoms with E-state index in [9.17, 15) is 14.0 Å². The summed E-state index contributed by atoms with van der Waals surface area (Å²) >= 11 is 37.6. The number of halogens is 7. The van der Waals surface area contributed by atoms with Crippen molar-refractivity contribution in [2.45, 2.75) is 15.3 Å². The molecule has 1 aliphatic heterocycles. The fourth-order valence-electron chi connectivity index (χ4n) is 3.74. The number of carbonyl (C=O) groups excluding carboxylic acids is 2. The van der Waals surface area contributed by atoms with Gasteiger partial charge in [-0.25, -0.2) is 19.1 Å². The summed E-state index contributed by atoms with van der Waals surface area (Å²) < 4.78 is 12.7. The second-order valence-electron chi connectivity index (χ2n) is 8.07. The highest BCUT2D eigenvalue weighted by Gasteiger charge is 2.46. The van der Waals surface area contributed by atoms with Crippen LogP contribution in [0.15, 0.2) is 77.8 Å². The van der Waals surface area contributed by atoms with Crippen LogP contribution < -0.4 is 9.80 Å². The Balaban J connectivity index is 1.97. The molecule has 2 unspecified atom stereocenters. The highest BCUT2D eigenvalue weighted by molar-refractivity contribution is 6.70. The van der Waals surface area contributed by atoms with Crippen molar-refractivity contribution in [3.8, 4) is 0 Å². The van der Waals surface area contributed by atoms with Crippen molar-refractivity contribution in [2.75, 3.05) is 16.8 Å². The number of imide groups is 1. The first-order valence-corrected chi connectivity index (χ1v) is 13.2. The molecule has 13 heteroatoms. The summed E-state index contributed by atoms with van der Waals surface area (Å²) in [6.45, 7) is 0. The Hall–Kier alpha value is -2.26. The smallest absolute Gasteiger partial charge is 0.317 e. The molecule has 0 spiro atoms. The van der Waals surface area contributed by atoms with Gasteiger partial charge < -0.3 is 4.90 Å². The van der Waals surface area contributed by atoms with E-state index in [0.717, 1.165) is 15.9 Å². The summed E-state index contributed by atoms with van der Waals surface area (Å²) in [6.07, 6.45) is -1.31. The van der Waals surface area contributed by atoms with E-state index in [1.807, 2.05) is 0 Å². The molecule has 3 aromatic rings. The number of para-hydroxylation sites is 1. The number of rotatable bonds is 6. The van der Waals surface area contributed by atoms with Crippen LogP contribution in [0.2, 0.25) is 10.0 Å². The van der Waals surface area contributed by atoms with E-state index < -0.39 is 38.9 Å². The Morgan fingerprint density at radius 2 is 1.37 bits per heavy atom. The van der Waals surface area contributed by atoms with E-state index in [4.69, 9.17) is 69.6 Å². The van der Waals surface area contributed by atoms with E-state index in [1.54, 1.807) is 53.4 Å². The molecule has 0 saturated carbocycles. The molecular formula is C25H17Cl6FN4O2. The monoisotopic (exact) mass is 634 g/mol. The third-order valence-corrected chi connectivity index (χ3v) is 7.68. The lowest BCUT2D eigenvalue weighted by Crippen LogP contribution is -2.45. The van der Waals surface area contributed by atoms with Gasteiger partial charge in [-0.15, -0.1) is 11.6 Å². The molecule has 3 amide bonds. The van der Waals surface area contributed by atoms with Crippen LogP contribution in [-0.2, 0) is 4.79 Å². The van der Waals surface area contributed by atoms with Crippen LogP contribution in [0.25, 0.3) is 0 Å². The van der Waals surface area contributed by atoms with Crippen molar-refractivity contribution in [3.05, 3.63) is 88.7 Å². The number of likely N-dealkylation sites (N-methyl/N-ethyl adjacent to an activating group) is 1. The summed E-state index contributed by atoms with van der Waals surface area (Å²) in [5, 5.41) is -0.469. The fraction of sp³-hybridized carbons (Fsp3) is 0.160. The van der Waals surface area contributed by atoms with Gasteiger partial charge in [-0.2, -0.15) is 0 Å². The molecule has 4 rings (SSSR count). The quantitative estimate of drug-likeness (QED) is 0.203. The standard InChI is InChI=1S/C25H17Cl6FN4O2/c1-34-23(37)22(36(24(34)38)19-5-3-2-4-18(19)32)33-21(20(28)25(29,30)31)35(16-10-6-14(26)7-11-16)17-12-8-15(27)9-13-17/h2-13,20-21H,1H3. The SMILES string of the molecule is CN1C(=O)C(=NC(C(Cl)C(Cl)(Cl)Cl)N(c2ccc(Cl)cc2)c2ccc(Cl)cc2)N(c2ccccc2F)C1=O. The molecule has 6 nitrogen and oxygen atoms in total. The molecule has 1 fully saturated rings. The first-order chi connectivity index (χ1) is 17.9. The van der Waals surface area contributed by atoms with Crippen LogP contribution in [0.4, 0.5) is 26.2 Å². The van der Waals surface area contributed by atoms with Gasteiger partial charge in [-0.05, 0) is 60.7 Å². The normalized spacial score (nSPS) is 16.8. The average molecular weight is 637 g/mol. The molecule has 3 aromatic carbocycles. The zero-order valence-electron chi connectivity index (χ0n) is 19.3.